The van der Waals surface area contributed by atoms with Crippen molar-refractivity contribution >= 4 is 39.9 Å². The highest BCUT2D eigenvalue weighted by atomic mass is 79.9. The number of fused-ring (bicyclic) bond motifs is 2. The van der Waals surface area contributed by atoms with E-state index in [1.165, 1.54) is 11.1 Å². The Bertz CT molecular complexity index is 1630. The number of ether oxygens (including phenoxy) is 2. The SMILES string of the molecule is CC(C)(C)OC(=O)N1C2CC(C2)C1C(=O)CCc1cc(-c2cnc(C(F)(F)F)nc2)ncc1Br.CC(C)(C)OC(=O)N1C2CC(C2)C1C(=O)O. The molecular formula is C34H41BrF3N5O7. The number of hydrogen-bond donors (Lipinski definition) is 1. The first-order valence-corrected chi connectivity index (χ1v) is 17.2. The topological polar surface area (TPSA) is 152 Å². The predicted molar refractivity (Wildman–Crippen MR) is 176 cm³/mol. The van der Waals surface area contributed by atoms with Crippen LogP contribution < -0.4 is 0 Å². The van der Waals surface area contributed by atoms with Gasteiger partial charge in [0.1, 0.15) is 17.2 Å². The first-order chi connectivity index (χ1) is 23.1. The van der Waals surface area contributed by atoms with Crippen LogP contribution in [0, 0.1) is 11.8 Å². The lowest BCUT2D eigenvalue weighted by atomic mass is 9.81. The molecule has 4 aliphatic heterocycles. The Morgan fingerprint density at radius 3 is 1.76 bits per heavy atom. The van der Waals surface area contributed by atoms with Crippen molar-refractivity contribution in [2.45, 2.75) is 122 Å². The number of carbonyl (C=O) groups is 4. The number of carboxylic acid groups (broad SMARTS) is 1. The lowest BCUT2D eigenvalue weighted by Crippen LogP contribution is -2.44. The lowest BCUT2D eigenvalue weighted by Gasteiger charge is -2.29. The molecule has 1 N–H and O–H groups in total. The number of Topliss-reactive ketones (excluding diaryl/α,β-unsaturated/α-hetero) is 1. The molecule has 2 aromatic heterocycles. The van der Waals surface area contributed by atoms with E-state index in [4.69, 9.17) is 14.6 Å². The number of aliphatic carboxylic acids is 1. The summed E-state index contributed by atoms with van der Waals surface area (Å²) in [7, 11) is 0. The van der Waals surface area contributed by atoms with Gasteiger partial charge >= 0.3 is 24.3 Å². The molecule has 2 atom stereocenters. The standard InChI is InChI=1S/C23H24BrF3N4O3.C11H17NO4/c1-22(2,3)34-21(33)31-15-6-13(7-15)19(31)18(32)5-4-12-8-17(28-11-16(12)24)14-9-29-20(30-10-14)23(25,26)27;1-11(2,3)16-10(15)12-7-4-6(5-7)8(12)9(13)14/h8-11,13,15,19H,4-7H2,1-3H3;6-8H,4-5H2,1-3H3,(H,13,14). The molecular weight excluding hydrogens is 727 g/mol. The van der Waals surface area contributed by atoms with E-state index >= 15 is 0 Å². The van der Waals surface area contributed by atoms with Crippen LogP contribution in [0.3, 0.4) is 0 Å². The maximum Gasteiger partial charge on any atom is 0.451 e. The number of ketones is 1. The van der Waals surface area contributed by atoms with Gasteiger partial charge in [0.25, 0.3) is 0 Å². The van der Waals surface area contributed by atoms with Crippen LogP contribution in [0.4, 0.5) is 22.8 Å². The molecule has 6 fully saturated rings. The number of aromatic nitrogens is 3. The van der Waals surface area contributed by atoms with Crippen LogP contribution in [-0.2, 0) is 31.7 Å². The quantitative estimate of drug-likeness (QED) is 0.337. The number of rotatable bonds is 6. The summed E-state index contributed by atoms with van der Waals surface area (Å²) in [5, 5.41) is 9.08. The normalized spacial score (nSPS) is 25.2. The molecule has 6 heterocycles. The van der Waals surface area contributed by atoms with Crippen molar-refractivity contribution in [3.05, 3.63) is 40.5 Å². The van der Waals surface area contributed by atoms with Crippen LogP contribution in [0.15, 0.2) is 29.1 Å². The zero-order valence-corrected chi connectivity index (χ0v) is 30.2. The minimum absolute atomic E-state index is 0.0287. The Morgan fingerprint density at radius 1 is 0.820 bits per heavy atom. The third-order valence-electron chi connectivity index (χ3n) is 9.15. The summed E-state index contributed by atoms with van der Waals surface area (Å²) in [5.74, 6) is -1.89. The molecule has 2 saturated carbocycles. The second-order valence-corrected chi connectivity index (χ2v) is 16.0. The van der Waals surface area contributed by atoms with Gasteiger partial charge in [-0.1, -0.05) is 0 Å². The fourth-order valence-corrected chi connectivity index (χ4v) is 7.29. The van der Waals surface area contributed by atoms with Crippen molar-refractivity contribution in [3.63, 3.8) is 0 Å². The fraction of sp³-hybridized carbons (Fsp3) is 0.618. The van der Waals surface area contributed by atoms with E-state index in [0.29, 0.717) is 22.2 Å². The molecule has 2 aromatic rings. The molecule has 2 unspecified atom stereocenters. The molecule has 50 heavy (non-hydrogen) atoms. The highest BCUT2D eigenvalue weighted by Crippen LogP contribution is 2.48. The zero-order valence-electron chi connectivity index (χ0n) is 28.7. The van der Waals surface area contributed by atoms with Gasteiger partial charge in [-0.2, -0.15) is 13.2 Å². The molecule has 0 radical (unpaired) electrons. The van der Waals surface area contributed by atoms with Gasteiger partial charge in [0.15, 0.2) is 5.78 Å². The first kappa shape index (κ1) is 37.4. The highest BCUT2D eigenvalue weighted by Gasteiger charge is 2.57. The minimum Gasteiger partial charge on any atom is -0.480 e. The number of halogens is 4. The summed E-state index contributed by atoms with van der Waals surface area (Å²) in [6, 6.07) is 0.653. The Labute approximate surface area is 296 Å². The number of amides is 2. The Kier molecular flexibility index (Phi) is 10.3. The third-order valence-corrected chi connectivity index (χ3v) is 9.86. The van der Waals surface area contributed by atoms with E-state index in [2.05, 4.69) is 30.9 Å². The smallest absolute Gasteiger partial charge is 0.451 e. The van der Waals surface area contributed by atoms with Crippen LogP contribution in [0.2, 0.25) is 0 Å². The summed E-state index contributed by atoms with van der Waals surface area (Å²) in [5.41, 5.74) is 0.288. The number of carboxylic acids is 1. The first-order valence-electron chi connectivity index (χ1n) is 16.4. The van der Waals surface area contributed by atoms with Crippen molar-refractivity contribution in [1.29, 1.82) is 0 Å². The summed E-state index contributed by atoms with van der Waals surface area (Å²) in [6.07, 6.45) is 1.93. The van der Waals surface area contributed by atoms with Crippen molar-refractivity contribution in [2.24, 2.45) is 11.8 Å². The number of alkyl halides is 3. The van der Waals surface area contributed by atoms with Crippen molar-refractivity contribution < 1.29 is 46.9 Å². The van der Waals surface area contributed by atoms with Crippen LogP contribution in [-0.4, -0.2) is 89.2 Å². The summed E-state index contributed by atoms with van der Waals surface area (Å²) >= 11 is 3.42. The van der Waals surface area contributed by atoms with Crippen LogP contribution in [0.5, 0.6) is 0 Å². The molecule has 272 valence electrons. The maximum atomic E-state index is 13.1. The number of nitrogens with zero attached hydrogens (tertiary/aromatic N) is 5. The Morgan fingerprint density at radius 2 is 1.30 bits per heavy atom. The van der Waals surface area contributed by atoms with Gasteiger partial charge in [-0.25, -0.2) is 24.4 Å². The zero-order chi connectivity index (χ0) is 36.9. The van der Waals surface area contributed by atoms with Crippen LogP contribution in [0.1, 0.15) is 85.0 Å². The Balaban J connectivity index is 0.000000253. The van der Waals surface area contributed by atoms with Gasteiger partial charge in [0, 0.05) is 47.1 Å². The molecule has 12 nitrogen and oxygen atoms in total. The Hall–Kier alpha value is -3.82. The maximum absolute atomic E-state index is 13.1. The molecule has 4 bridgehead atoms. The van der Waals surface area contributed by atoms with Gasteiger partial charge in [-0.15, -0.1) is 0 Å². The van der Waals surface area contributed by atoms with Gasteiger partial charge in [0.2, 0.25) is 5.82 Å². The summed E-state index contributed by atoms with van der Waals surface area (Å²) in [6.45, 7) is 10.7. The van der Waals surface area contributed by atoms with Gasteiger partial charge in [-0.3, -0.25) is 19.6 Å². The molecule has 8 rings (SSSR count). The molecule has 6 aliphatic rings. The van der Waals surface area contributed by atoms with E-state index in [-0.39, 0.29) is 36.1 Å². The second kappa shape index (κ2) is 13.7. The predicted octanol–water partition coefficient (Wildman–Crippen LogP) is 6.69. The van der Waals surface area contributed by atoms with E-state index in [0.717, 1.165) is 43.6 Å². The van der Waals surface area contributed by atoms with Gasteiger partial charge in [-0.05, 0) is 113 Å². The van der Waals surface area contributed by atoms with E-state index in [9.17, 15) is 32.3 Å². The molecule has 0 spiro atoms. The van der Waals surface area contributed by atoms with E-state index in [1.807, 2.05) is 0 Å². The molecule has 16 heteroatoms. The average molecular weight is 769 g/mol. The van der Waals surface area contributed by atoms with Crippen LogP contribution in [0.25, 0.3) is 11.3 Å². The number of aryl methyl sites for hydroxylation is 1. The van der Waals surface area contributed by atoms with Crippen molar-refractivity contribution in [2.75, 3.05) is 0 Å². The van der Waals surface area contributed by atoms with Crippen molar-refractivity contribution in [3.8, 4) is 11.3 Å². The average Bonchev–Trinajstić information content (AvgIpc) is 3.71. The fourth-order valence-electron chi connectivity index (χ4n) is 6.87. The summed E-state index contributed by atoms with van der Waals surface area (Å²) < 4.78 is 49.6. The van der Waals surface area contributed by atoms with Gasteiger partial charge in [0.05, 0.1) is 11.7 Å². The number of hydrogen-bond acceptors (Lipinski definition) is 9. The highest BCUT2D eigenvalue weighted by molar-refractivity contribution is 9.10. The lowest BCUT2D eigenvalue weighted by molar-refractivity contribution is -0.145. The minimum atomic E-state index is -4.62. The van der Waals surface area contributed by atoms with E-state index < -0.39 is 53.4 Å². The summed E-state index contributed by atoms with van der Waals surface area (Å²) in [4.78, 5) is 62.7. The van der Waals surface area contributed by atoms with E-state index in [1.54, 1.807) is 52.5 Å². The molecule has 0 aromatic carbocycles. The third kappa shape index (κ3) is 8.21. The van der Waals surface area contributed by atoms with Gasteiger partial charge < -0.3 is 14.6 Å². The second-order valence-electron chi connectivity index (χ2n) is 15.2. The molecule has 2 amide bonds. The van der Waals surface area contributed by atoms with Crippen LogP contribution >= 0.6 is 15.9 Å². The molecule has 2 aliphatic carbocycles. The number of pyridine rings is 1. The largest absolute Gasteiger partial charge is 0.480 e. The number of carbonyl (C=O) groups excluding carboxylic acids is 3. The van der Waals surface area contributed by atoms with Crippen molar-refractivity contribution in [1.82, 2.24) is 24.8 Å². The monoisotopic (exact) mass is 767 g/mol. The molecule has 4 saturated heterocycles.